The minimum atomic E-state index is 0.836. The Morgan fingerprint density at radius 2 is 2.00 bits per heavy atom. The standard InChI is InChI=1S/C21H23N3/c1-15-4-5-20-18(12-15)19-14-23(3)11-8-21(19)24(20)13-16(2)17-6-9-22-10-7-17/h4-7,9-10,12H,2,8,11,13-14H2,1,3H3. The highest BCUT2D eigenvalue weighted by Crippen LogP contribution is 2.32. The summed E-state index contributed by atoms with van der Waals surface area (Å²) in [4.78, 5) is 6.52. The highest BCUT2D eigenvalue weighted by atomic mass is 15.1. The lowest BCUT2D eigenvalue weighted by atomic mass is 10.0. The SMILES string of the molecule is C=C(Cn1c2c(c3cc(C)ccc31)CN(C)CC2)c1ccncc1. The molecule has 2 aromatic heterocycles. The fourth-order valence-electron chi connectivity index (χ4n) is 3.75. The van der Waals surface area contributed by atoms with Gasteiger partial charge < -0.3 is 9.47 Å². The van der Waals surface area contributed by atoms with Crippen LogP contribution in [-0.2, 0) is 19.5 Å². The maximum absolute atomic E-state index is 4.33. The van der Waals surface area contributed by atoms with Crippen LogP contribution in [0.5, 0.6) is 0 Å². The monoisotopic (exact) mass is 317 g/mol. The topological polar surface area (TPSA) is 21.1 Å². The largest absolute Gasteiger partial charge is 0.340 e. The van der Waals surface area contributed by atoms with E-state index in [1.807, 2.05) is 24.5 Å². The van der Waals surface area contributed by atoms with Crippen molar-refractivity contribution < 1.29 is 0 Å². The average molecular weight is 317 g/mol. The maximum atomic E-state index is 4.33. The first-order valence-electron chi connectivity index (χ1n) is 8.51. The van der Waals surface area contributed by atoms with E-state index in [0.29, 0.717) is 0 Å². The molecule has 0 radical (unpaired) electrons. The van der Waals surface area contributed by atoms with Gasteiger partial charge in [0.25, 0.3) is 0 Å². The third-order valence-electron chi connectivity index (χ3n) is 5.04. The molecule has 122 valence electrons. The Kier molecular flexibility index (Phi) is 3.73. The van der Waals surface area contributed by atoms with Gasteiger partial charge in [-0.25, -0.2) is 0 Å². The number of allylic oxidation sites excluding steroid dienone is 1. The van der Waals surface area contributed by atoms with Gasteiger partial charge in [0.15, 0.2) is 0 Å². The number of pyridine rings is 1. The molecule has 0 fully saturated rings. The van der Waals surface area contributed by atoms with Crippen LogP contribution in [0.1, 0.15) is 22.4 Å². The predicted octanol–water partition coefficient (Wildman–Crippen LogP) is 4.05. The summed E-state index contributed by atoms with van der Waals surface area (Å²) >= 11 is 0. The third-order valence-corrected chi connectivity index (χ3v) is 5.04. The van der Waals surface area contributed by atoms with E-state index >= 15 is 0 Å². The smallest absolute Gasteiger partial charge is 0.0489 e. The molecule has 24 heavy (non-hydrogen) atoms. The normalized spacial score (nSPS) is 14.8. The van der Waals surface area contributed by atoms with Gasteiger partial charge in [-0.2, -0.15) is 0 Å². The van der Waals surface area contributed by atoms with Gasteiger partial charge in [-0.05, 0) is 54.9 Å². The zero-order chi connectivity index (χ0) is 16.7. The van der Waals surface area contributed by atoms with Crippen molar-refractivity contribution in [3.05, 3.63) is 71.7 Å². The Morgan fingerprint density at radius 3 is 2.79 bits per heavy atom. The number of likely N-dealkylation sites (N-methyl/N-ethyl adjacent to an activating group) is 1. The zero-order valence-electron chi connectivity index (χ0n) is 14.4. The van der Waals surface area contributed by atoms with Gasteiger partial charge in [0.2, 0.25) is 0 Å². The first-order chi connectivity index (χ1) is 11.6. The highest BCUT2D eigenvalue weighted by Gasteiger charge is 2.22. The van der Waals surface area contributed by atoms with E-state index in [-0.39, 0.29) is 0 Å². The second-order valence-electron chi connectivity index (χ2n) is 6.86. The van der Waals surface area contributed by atoms with Gasteiger partial charge in [-0.1, -0.05) is 18.2 Å². The summed E-state index contributed by atoms with van der Waals surface area (Å²) < 4.78 is 2.47. The molecule has 0 unspecified atom stereocenters. The molecule has 0 saturated heterocycles. The number of rotatable bonds is 3. The first kappa shape index (κ1) is 15.2. The van der Waals surface area contributed by atoms with Gasteiger partial charge in [0.1, 0.15) is 0 Å². The van der Waals surface area contributed by atoms with Crippen LogP contribution >= 0.6 is 0 Å². The zero-order valence-corrected chi connectivity index (χ0v) is 14.4. The number of benzene rings is 1. The molecule has 0 bridgehead atoms. The third kappa shape index (κ3) is 2.55. The Balaban J connectivity index is 1.82. The lowest BCUT2D eigenvalue weighted by molar-refractivity contribution is 0.310. The number of fused-ring (bicyclic) bond motifs is 3. The Bertz CT molecular complexity index is 906. The van der Waals surface area contributed by atoms with Crippen molar-refractivity contribution >= 4 is 16.5 Å². The van der Waals surface area contributed by atoms with Crippen LogP contribution in [0.15, 0.2) is 49.3 Å². The summed E-state index contributed by atoms with van der Waals surface area (Å²) in [5.41, 5.74) is 7.92. The van der Waals surface area contributed by atoms with Gasteiger partial charge in [-0.15, -0.1) is 0 Å². The molecule has 1 aromatic carbocycles. The van der Waals surface area contributed by atoms with Gasteiger partial charge in [0.05, 0.1) is 0 Å². The molecule has 3 heteroatoms. The van der Waals surface area contributed by atoms with Crippen molar-refractivity contribution in [3.8, 4) is 0 Å². The molecule has 3 heterocycles. The van der Waals surface area contributed by atoms with Crippen molar-refractivity contribution in [1.29, 1.82) is 0 Å². The van der Waals surface area contributed by atoms with E-state index in [1.165, 1.54) is 33.3 Å². The fraction of sp³-hybridized carbons (Fsp3) is 0.286. The summed E-state index contributed by atoms with van der Waals surface area (Å²) in [5.74, 6) is 0. The Labute approximate surface area is 143 Å². The van der Waals surface area contributed by atoms with E-state index in [4.69, 9.17) is 0 Å². The molecule has 0 spiro atoms. The van der Waals surface area contributed by atoms with Crippen LogP contribution in [0, 0.1) is 6.92 Å². The van der Waals surface area contributed by atoms with Crippen molar-refractivity contribution in [2.75, 3.05) is 13.6 Å². The van der Waals surface area contributed by atoms with Gasteiger partial charge in [-0.3, -0.25) is 4.98 Å². The molecule has 0 amide bonds. The lowest BCUT2D eigenvalue weighted by Crippen LogP contribution is -2.27. The summed E-state index contributed by atoms with van der Waals surface area (Å²) in [6.07, 6.45) is 4.77. The van der Waals surface area contributed by atoms with Crippen LogP contribution in [0.3, 0.4) is 0 Å². The van der Waals surface area contributed by atoms with Crippen molar-refractivity contribution in [2.24, 2.45) is 0 Å². The summed E-state index contributed by atoms with van der Waals surface area (Å²) in [5, 5.41) is 1.40. The first-order valence-corrected chi connectivity index (χ1v) is 8.51. The molecule has 1 aliphatic rings. The van der Waals surface area contributed by atoms with E-state index < -0.39 is 0 Å². The van der Waals surface area contributed by atoms with Crippen molar-refractivity contribution in [2.45, 2.75) is 26.4 Å². The van der Waals surface area contributed by atoms with Crippen LogP contribution in [-0.4, -0.2) is 28.0 Å². The molecule has 3 aromatic rings. The molecule has 0 saturated carbocycles. The number of nitrogens with zero attached hydrogens (tertiary/aromatic N) is 3. The second kappa shape index (κ2) is 5.91. The molecule has 3 nitrogen and oxygen atoms in total. The summed E-state index contributed by atoms with van der Waals surface area (Å²) in [6, 6.07) is 10.9. The number of hydrogen-bond donors (Lipinski definition) is 0. The molecular formula is C21H23N3. The van der Waals surface area contributed by atoms with E-state index in [9.17, 15) is 0 Å². The Hall–Kier alpha value is -2.39. The number of aryl methyl sites for hydroxylation is 1. The van der Waals surface area contributed by atoms with E-state index in [0.717, 1.165) is 31.6 Å². The fourth-order valence-corrected chi connectivity index (χ4v) is 3.75. The average Bonchev–Trinajstić information content (AvgIpc) is 2.88. The van der Waals surface area contributed by atoms with Gasteiger partial charge in [0, 0.05) is 55.0 Å². The number of hydrogen-bond acceptors (Lipinski definition) is 2. The van der Waals surface area contributed by atoms with Gasteiger partial charge >= 0.3 is 0 Å². The summed E-state index contributed by atoms with van der Waals surface area (Å²) in [6.45, 7) is 9.48. The highest BCUT2D eigenvalue weighted by molar-refractivity contribution is 5.87. The molecule has 4 rings (SSSR count). The van der Waals surface area contributed by atoms with Crippen LogP contribution < -0.4 is 0 Å². The van der Waals surface area contributed by atoms with Crippen LogP contribution in [0.4, 0.5) is 0 Å². The Morgan fingerprint density at radius 1 is 1.21 bits per heavy atom. The van der Waals surface area contributed by atoms with Crippen molar-refractivity contribution in [1.82, 2.24) is 14.5 Å². The minimum absolute atomic E-state index is 0.836. The van der Waals surface area contributed by atoms with E-state index in [2.05, 4.69) is 53.2 Å². The maximum Gasteiger partial charge on any atom is 0.0489 e. The quantitative estimate of drug-likeness (QED) is 0.727. The molecular weight excluding hydrogens is 294 g/mol. The predicted molar refractivity (Wildman–Crippen MR) is 100.0 cm³/mol. The lowest BCUT2D eigenvalue weighted by Gasteiger charge is -2.24. The van der Waals surface area contributed by atoms with Crippen molar-refractivity contribution in [3.63, 3.8) is 0 Å². The molecule has 0 N–H and O–H groups in total. The minimum Gasteiger partial charge on any atom is -0.340 e. The van der Waals surface area contributed by atoms with Crippen LogP contribution in [0.25, 0.3) is 16.5 Å². The van der Waals surface area contributed by atoms with E-state index in [1.54, 1.807) is 0 Å². The second-order valence-corrected chi connectivity index (χ2v) is 6.86. The molecule has 0 aliphatic carbocycles. The number of aromatic nitrogens is 2. The molecule has 1 aliphatic heterocycles. The summed E-state index contributed by atoms with van der Waals surface area (Å²) in [7, 11) is 2.21. The molecule has 0 atom stereocenters. The van der Waals surface area contributed by atoms with Crippen LogP contribution in [0.2, 0.25) is 0 Å².